The number of para-hydroxylation sites is 2. The Bertz CT molecular complexity index is 628. The Kier molecular flexibility index (Phi) is 2.08. The van der Waals surface area contributed by atoms with Crippen LogP contribution >= 0.6 is 0 Å². The number of fused-ring (bicyclic) bond motifs is 1. The second-order valence-corrected chi connectivity index (χ2v) is 4.94. The van der Waals surface area contributed by atoms with Gasteiger partial charge in [-0.25, -0.2) is 4.57 Å². The molecule has 2 rings (SSSR count). The zero-order valence-electron chi connectivity index (χ0n) is 8.61. The van der Waals surface area contributed by atoms with Gasteiger partial charge in [-0.3, -0.25) is 0 Å². The molecule has 0 bridgehead atoms. The van der Waals surface area contributed by atoms with Crippen molar-refractivity contribution in [3.05, 3.63) is 30.1 Å². The van der Waals surface area contributed by atoms with E-state index in [1.54, 1.807) is 30.7 Å². The molecular formula is C10H12FN2OS+. The van der Waals surface area contributed by atoms with Crippen molar-refractivity contribution in [2.75, 3.05) is 0 Å². The highest BCUT2D eigenvalue weighted by Gasteiger charge is 2.24. The summed E-state index contributed by atoms with van der Waals surface area (Å²) in [4.78, 5) is 0. The normalized spacial score (nSPS) is 15.4. The molecule has 0 spiro atoms. The molecule has 0 aliphatic rings. The number of aromatic nitrogens is 2. The van der Waals surface area contributed by atoms with Crippen LogP contribution in [0.4, 0.5) is 3.89 Å². The molecule has 1 unspecified atom stereocenters. The summed E-state index contributed by atoms with van der Waals surface area (Å²) >= 11 is 0. The predicted octanol–water partition coefficient (Wildman–Crippen LogP) is 1.14. The molecule has 5 heteroatoms. The summed E-state index contributed by atoms with van der Waals surface area (Å²) in [6, 6.07) is 7.22. The largest absolute Gasteiger partial charge is 0.276 e. The van der Waals surface area contributed by atoms with Gasteiger partial charge in [0.25, 0.3) is 15.9 Å². The van der Waals surface area contributed by atoms with Gasteiger partial charge in [-0.05, 0) is 12.1 Å². The van der Waals surface area contributed by atoms with E-state index in [4.69, 9.17) is 0 Å². The van der Waals surface area contributed by atoms with Crippen molar-refractivity contribution in [3.8, 4) is 0 Å². The fraction of sp³-hybridized carbons (Fsp3) is 0.200. The molecule has 0 radical (unpaired) electrons. The van der Waals surface area contributed by atoms with E-state index in [2.05, 4.69) is 5.87 Å². The lowest BCUT2D eigenvalue weighted by molar-refractivity contribution is -0.651. The molecule has 0 saturated carbocycles. The van der Waals surface area contributed by atoms with Gasteiger partial charge in [0.1, 0.15) is 0 Å². The van der Waals surface area contributed by atoms with Gasteiger partial charge in [0.2, 0.25) is 0 Å². The number of imidazole rings is 1. The SMILES string of the molecule is C=S(=O)(F)n1c(C)[n+](C)c2ccccc21. The standard InChI is InChI=1S/C10H12FN2OS/c1-8-12(2)9-6-4-5-7-10(9)13(8)15(3,11)14/h4-7H,3H2,1-2H3/q+1. The molecule has 15 heavy (non-hydrogen) atoms. The summed E-state index contributed by atoms with van der Waals surface area (Å²) in [5.41, 5.74) is 1.43. The van der Waals surface area contributed by atoms with Crippen LogP contribution in [0.5, 0.6) is 0 Å². The van der Waals surface area contributed by atoms with Crippen LogP contribution in [0, 0.1) is 6.92 Å². The van der Waals surface area contributed by atoms with E-state index in [1.807, 2.05) is 12.1 Å². The summed E-state index contributed by atoms with van der Waals surface area (Å²) in [7, 11) is -1.94. The van der Waals surface area contributed by atoms with Crippen molar-refractivity contribution < 1.29 is 12.7 Å². The molecule has 0 N–H and O–H groups in total. The minimum atomic E-state index is -3.74. The van der Waals surface area contributed by atoms with Crippen LogP contribution in [-0.4, -0.2) is 14.1 Å². The van der Waals surface area contributed by atoms with E-state index in [-0.39, 0.29) is 0 Å². The van der Waals surface area contributed by atoms with Gasteiger partial charge >= 0.3 is 0 Å². The lowest BCUT2D eigenvalue weighted by Crippen LogP contribution is -2.31. The topological polar surface area (TPSA) is 25.9 Å². The van der Waals surface area contributed by atoms with E-state index >= 15 is 0 Å². The smallest absolute Gasteiger partial charge is 0.229 e. The van der Waals surface area contributed by atoms with Gasteiger partial charge in [0.05, 0.1) is 7.05 Å². The van der Waals surface area contributed by atoms with Crippen LogP contribution in [-0.2, 0) is 17.1 Å². The minimum Gasteiger partial charge on any atom is -0.229 e. The van der Waals surface area contributed by atoms with Crippen molar-refractivity contribution in [1.29, 1.82) is 0 Å². The molecule has 0 saturated heterocycles. The first-order chi connectivity index (χ1) is 6.93. The van der Waals surface area contributed by atoms with Crippen molar-refractivity contribution in [2.24, 2.45) is 7.05 Å². The van der Waals surface area contributed by atoms with Gasteiger partial charge in [-0.1, -0.05) is 12.1 Å². The van der Waals surface area contributed by atoms with Gasteiger partial charge in [-0.2, -0.15) is 4.21 Å². The molecule has 1 aromatic heterocycles. The van der Waals surface area contributed by atoms with Crippen molar-refractivity contribution in [3.63, 3.8) is 0 Å². The van der Waals surface area contributed by atoms with Crippen LogP contribution in [0.2, 0.25) is 0 Å². The summed E-state index contributed by atoms with van der Waals surface area (Å²) in [5, 5.41) is 0. The second-order valence-electron chi connectivity index (χ2n) is 3.45. The highest BCUT2D eigenvalue weighted by atomic mass is 32.3. The first-order valence-electron chi connectivity index (χ1n) is 4.46. The summed E-state index contributed by atoms with van der Waals surface area (Å²) < 4.78 is 27.8. The van der Waals surface area contributed by atoms with E-state index in [1.165, 1.54) is 0 Å². The van der Waals surface area contributed by atoms with Crippen LogP contribution in [0.3, 0.4) is 0 Å². The molecule has 1 aromatic carbocycles. The highest BCUT2D eigenvalue weighted by molar-refractivity contribution is 7.94. The quantitative estimate of drug-likeness (QED) is 0.407. The number of nitrogens with zero attached hydrogens (tertiary/aromatic N) is 2. The number of rotatable bonds is 1. The molecule has 0 aliphatic carbocycles. The number of halogens is 1. The molecule has 0 fully saturated rings. The molecule has 80 valence electrons. The van der Waals surface area contributed by atoms with E-state index in [0.717, 1.165) is 9.49 Å². The maximum atomic E-state index is 13.5. The summed E-state index contributed by atoms with van der Waals surface area (Å²) in [5.74, 6) is 3.66. The van der Waals surface area contributed by atoms with Crippen LogP contribution in [0.1, 0.15) is 5.82 Å². The Morgan fingerprint density at radius 2 is 2.07 bits per heavy atom. The summed E-state index contributed by atoms with van der Waals surface area (Å²) in [6.07, 6.45) is 0. The monoisotopic (exact) mass is 227 g/mol. The fourth-order valence-electron chi connectivity index (χ4n) is 1.75. The van der Waals surface area contributed by atoms with Gasteiger partial charge in [-0.15, -0.1) is 7.86 Å². The van der Waals surface area contributed by atoms with Crippen LogP contribution in [0.25, 0.3) is 11.0 Å². The maximum absolute atomic E-state index is 13.5. The minimum absolute atomic E-state index is 0.582. The first kappa shape index (κ1) is 10.2. The predicted molar refractivity (Wildman–Crippen MR) is 59.6 cm³/mol. The third-order valence-electron chi connectivity index (χ3n) is 2.51. The zero-order valence-corrected chi connectivity index (χ0v) is 9.42. The van der Waals surface area contributed by atoms with E-state index < -0.39 is 10.1 Å². The lowest BCUT2D eigenvalue weighted by atomic mass is 10.3. The molecule has 3 nitrogen and oxygen atoms in total. The van der Waals surface area contributed by atoms with Gasteiger partial charge in [0, 0.05) is 12.8 Å². The first-order valence-corrected chi connectivity index (χ1v) is 6.05. The molecule has 2 aromatic rings. The number of aryl methyl sites for hydroxylation is 1. The van der Waals surface area contributed by atoms with E-state index in [0.29, 0.717) is 11.3 Å². The molecular weight excluding hydrogens is 215 g/mol. The molecule has 1 heterocycles. The Labute approximate surface area is 88.2 Å². The highest BCUT2D eigenvalue weighted by Crippen LogP contribution is 2.16. The van der Waals surface area contributed by atoms with Crippen molar-refractivity contribution in [2.45, 2.75) is 6.92 Å². The number of benzene rings is 1. The van der Waals surface area contributed by atoms with Gasteiger partial charge < -0.3 is 0 Å². The maximum Gasteiger partial charge on any atom is 0.276 e. The Morgan fingerprint density at radius 1 is 1.47 bits per heavy atom. The second kappa shape index (κ2) is 3.06. The lowest BCUT2D eigenvalue weighted by Gasteiger charge is -1.95. The van der Waals surface area contributed by atoms with E-state index in [9.17, 15) is 8.09 Å². The molecule has 0 aliphatic heterocycles. The Balaban J connectivity index is 3.03. The molecule has 1 atom stereocenters. The van der Waals surface area contributed by atoms with Crippen LogP contribution in [0.15, 0.2) is 24.3 Å². The average molecular weight is 227 g/mol. The average Bonchev–Trinajstić information content (AvgIpc) is 2.39. The Morgan fingerprint density at radius 3 is 2.67 bits per heavy atom. The van der Waals surface area contributed by atoms with Crippen molar-refractivity contribution in [1.82, 2.24) is 3.97 Å². The van der Waals surface area contributed by atoms with Crippen molar-refractivity contribution >= 4 is 27.0 Å². The summed E-state index contributed by atoms with van der Waals surface area (Å²) in [6.45, 7) is 1.71. The third-order valence-corrected chi connectivity index (χ3v) is 3.52. The Hall–Kier alpha value is -1.36. The number of hydrogen-bond donors (Lipinski definition) is 0. The fourth-order valence-corrected chi connectivity index (χ4v) is 2.71. The number of hydrogen-bond acceptors (Lipinski definition) is 1. The zero-order chi connectivity index (χ0) is 11.2. The third kappa shape index (κ3) is 1.43. The molecule has 0 amide bonds. The van der Waals surface area contributed by atoms with Gasteiger partial charge in [0.15, 0.2) is 11.0 Å². The van der Waals surface area contributed by atoms with Crippen LogP contribution < -0.4 is 4.57 Å².